The fourth-order valence-corrected chi connectivity index (χ4v) is 7.12. The molecule has 212 valence electrons. The van der Waals surface area contributed by atoms with Gasteiger partial charge in [-0.2, -0.15) is 0 Å². The third-order valence-corrected chi connectivity index (χ3v) is 8.64. The average molecular weight is 507 g/mol. The second kappa shape index (κ2) is 14.5. The zero-order chi connectivity index (χ0) is 26.7. The van der Waals surface area contributed by atoms with Crippen molar-refractivity contribution in [1.29, 1.82) is 0 Å². The number of rotatable bonds is 18. The Balaban J connectivity index is 1.61. The fourth-order valence-electron chi connectivity index (χ4n) is 7.12. The Morgan fingerprint density at radius 3 is 1.44 bits per heavy atom. The summed E-state index contributed by atoms with van der Waals surface area (Å²) in [5, 5.41) is 3.71. The van der Waals surface area contributed by atoms with E-state index in [1.807, 2.05) is 0 Å². The van der Waals surface area contributed by atoms with Gasteiger partial charge >= 0.3 is 0 Å². The van der Waals surface area contributed by atoms with Gasteiger partial charge in [0, 0.05) is 30.5 Å². The van der Waals surface area contributed by atoms with Gasteiger partial charge in [-0.1, -0.05) is 110 Å². The summed E-state index contributed by atoms with van der Waals surface area (Å²) in [4.78, 5) is 15.9. The van der Waals surface area contributed by atoms with Crippen LogP contribution in [0.25, 0.3) is 0 Å². The largest absolute Gasteiger partial charge is 0.339 e. The molecule has 2 fully saturated rings. The SMILES string of the molecule is CCCCCCCCCCCCCCCCCCN1C(=O)C2(CC(C)(C)NC(C)(C)C2)OC1(C)CC. The zero-order valence-electron chi connectivity index (χ0n) is 25.4. The lowest BCUT2D eigenvalue weighted by Gasteiger charge is -2.50. The number of ether oxygens (including phenoxy) is 1. The molecule has 4 nitrogen and oxygen atoms in total. The van der Waals surface area contributed by atoms with Gasteiger partial charge in [-0.3, -0.25) is 4.79 Å². The van der Waals surface area contributed by atoms with Gasteiger partial charge in [-0.05, 0) is 47.5 Å². The van der Waals surface area contributed by atoms with Crippen LogP contribution in [0.3, 0.4) is 0 Å². The Labute approximate surface area is 225 Å². The molecule has 0 radical (unpaired) electrons. The Morgan fingerprint density at radius 2 is 1.06 bits per heavy atom. The highest BCUT2D eigenvalue weighted by molar-refractivity contribution is 5.88. The van der Waals surface area contributed by atoms with Crippen LogP contribution in [0.5, 0.6) is 0 Å². The minimum atomic E-state index is -0.682. The van der Waals surface area contributed by atoms with Gasteiger partial charge in [0.2, 0.25) is 0 Å². The van der Waals surface area contributed by atoms with Crippen molar-refractivity contribution in [3.63, 3.8) is 0 Å². The monoisotopic (exact) mass is 506 g/mol. The maximum atomic E-state index is 13.8. The smallest absolute Gasteiger partial charge is 0.257 e. The summed E-state index contributed by atoms with van der Waals surface area (Å²) in [6, 6.07) is 0. The van der Waals surface area contributed by atoms with Crippen molar-refractivity contribution in [3.8, 4) is 0 Å². The van der Waals surface area contributed by atoms with E-state index in [1.165, 1.54) is 96.3 Å². The molecule has 0 saturated carbocycles. The maximum absolute atomic E-state index is 13.8. The molecular weight excluding hydrogens is 444 g/mol. The van der Waals surface area contributed by atoms with Gasteiger partial charge in [0.05, 0.1) is 0 Å². The molecule has 1 amide bonds. The van der Waals surface area contributed by atoms with Crippen LogP contribution in [0.2, 0.25) is 0 Å². The van der Waals surface area contributed by atoms with Crippen LogP contribution < -0.4 is 5.32 Å². The predicted octanol–water partition coefficient (Wildman–Crippen LogP) is 8.91. The van der Waals surface area contributed by atoms with Crippen LogP contribution in [0.1, 0.15) is 170 Å². The number of amides is 1. The van der Waals surface area contributed by atoms with Gasteiger partial charge in [0.1, 0.15) is 5.72 Å². The molecule has 1 atom stereocenters. The van der Waals surface area contributed by atoms with Gasteiger partial charge in [0.25, 0.3) is 5.91 Å². The van der Waals surface area contributed by atoms with E-state index in [0.717, 1.165) is 32.2 Å². The second-order valence-electron chi connectivity index (χ2n) is 13.6. The summed E-state index contributed by atoms with van der Waals surface area (Å²) in [5.41, 5.74) is -1.39. The number of unbranched alkanes of at least 4 members (excludes halogenated alkanes) is 15. The molecule has 0 aliphatic carbocycles. The Kier molecular flexibility index (Phi) is 12.7. The van der Waals surface area contributed by atoms with E-state index < -0.39 is 11.3 Å². The molecule has 0 bridgehead atoms. The summed E-state index contributed by atoms with van der Waals surface area (Å²) >= 11 is 0. The molecule has 0 aromatic heterocycles. The standard InChI is InChI=1S/C32H62N2O2/c1-8-10-11-12-13-14-15-16-17-18-19-20-21-22-23-24-25-34-28(35)32(36-31(34,7)9-2)26-29(3,4)33-30(5,6)27-32/h33H,8-27H2,1-7H3. The highest BCUT2D eigenvalue weighted by atomic mass is 16.6. The molecule has 2 aliphatic heterocycles. The first-order chi connectivity index (χ1) is 17.0. The van der Waals surface area contributed by atoms with E-state index in [1.54, 1.807) is 0 Å². The number of hydrogen-bond acceptors (Lipinski definition) is 3. The number of carbonyl (C=O) groups is 1. The summed E-state index contributed by atoms with van der Waals surface area (Å²) in [7, 11) is 0. The van der Waals surface area contributed by atoms with Crippen molar-refractivity contribution in [1.82, 2.24) is 10.2 Å². The minimum Gasteiger partial charge on any atom is -0.339 e. The quantitative estimate of drug-likeness (QED) is 0.189. The lowest BCUT2D eigenvalue weighted by Crippen LogP contribution is -2.65. The third-order valence-electron chi connectivity index (χ3n) is 8.64. The first-order valence-electron chi connectivity index (χ1n) is 15.8. The van der Waals surface area contributed by atoms with Crippen molar-refractivity contribution < 1.29 is 9.53 Å². The highest BCUT2D eigenvalue weighted by Crippen LogP contribution is 2.48. The van der Waals surface area contributed by atoms with Gasteiger partial charge in [-0.25, -0.2) is 0 Å². The van der Waals surface area contributed by atoms with Crippen molar-refractivity contribution in [3.05, 3.63) is 0 Å². The first-order valence-corrected chi connectivity index (χ1v) is 15.8. The average Bonchev–Trinajstić information content (AvgIpc) is 2.97. The Bertz CT molecular complexity index is 628. The van der Waals surface area contributed by atoms with Crippen LogP contribution in [0.4, 0.5) is 0 Å². The summed E-state index contributed by atoms with van der Waals surface area (Å²) in [6.45, 7) is 16.2. The fraction of sp³-hybridized carbons (Fsp3) is 0.969. The van der Waals surface area contributed by atoms with E-state index in [0.29, 0.717) is 0 Å². The highest BCUT2D eigenvalue weighted by Gasteiger charge is 2.62. The molecule has 2 saturated heterocycles. The van der Waals surface area contributed by atoms with Crippen molar-refractivity contribution >= 4 is 5.91 Å². The lowest BCUT2D eigenvalue weighted by atomic mass is 9.72. The summed E-state index contributed by atoms with van der Waals surface area (Å²) in [5.74, 6) is 0.232. The van der Waals surface area contributed by atoms with Crippen LogP contribution in [-0.4, -0.2) is 39.8 Å². The molecule has 1 spiro atoms. The number of nitrogens with one attached hydrogen (secondary N) is 1. The van der Waals surface area contributed by atoms with Crippen LogP contribution >= 0.6 is 0 Å². The topological polar surface area (TPSA) is 41.6 Å². The molecule has 0 aromatic carbocycles. The Morgan fingerprint density at radius 1 is 0.667 bits per heavy atom. The zero-order valence-corrected chi connectivity index (χ0v) is 25.4. The van der Waals surface area contributed by atoms with E-state index >= 15 is 0 Å². The summed E-state index contributed by atoms with van der Waals surface area (Å²) in [6.07, 6.45) is 24.3. The van der Waals surface area contributed by atoms with Gasteiger partial charge < -0.3 is 15.0 Å². The number of nitrogens with zero attached hydrogens (tertiary/aromatic N) is 1. The van der Waals surface area contributed by atoms with E-state index in [2.05, 4.69) is 58.7 Å². The number of hydrogen-bond donors (Lipinski definition) is 1. The Hall–Kier alpha value is -0.610. The number of carbonyl (C=O) groups excluding carboxylic acids is 1. The normalized spacial score (nSPS) is 24.6. The van der Waals surface area contributed by atoms with Crippen LogP contribution in [-0.2, 0) is 9.53 Å². The van der Waals surface area contributed by atoms with E-state index in [-0.39, 0.29) is 17.0 Å². The van der Waals surface area contributed by atoms with E-state index in [4.69, 9.17) is 4.74 Å². The van der Waals surface area contributed by atoms with Gasteiger partial charge in [-0.15, -0.1) is 0 Å². The molecule has 1 N–H and O–H groups in total. The van der Waals surface area contributed by atoms with Crippen molar-refractivity contribution in [2.75, 3.05) is 6.54 Å². The molecule has 2 heterocycles. The molecule has 1 unspecified atom stereocenters. The second-order valence-corrected chi connectivity index (χ2v) is 13.6. The molecular formula is C32H62N2O2. The minimum absolute atomic E-state index is 0.115. The first kappa shape index (κ1) is 31.6. The lowest BCUT2D eigenvalue weighted by molar-refractivity contribution is -0.163. The van der Waals surface area contributed by atoms with Crippen LogP contribution in [0.15, 0.2) is 0 Å². The maximum Gasteiger partial charge on any atom is 0.257 e. The predicted molar refractivity (Wildman–Crippen MR) is 154 cm³/mol. The molecule has 2 rings (SSSR count). The number of piperidine rings is 1. The van der Waals surface area contributed by atoms with Crippen LogP contribution in [0, 0.1) is 0 Å². The summed E-state index contributed by atoms with van der Waals surface area (Å²) < 4.78 is 6.74. The van der Waals surface area contributed by atoms with E-state index in [9.17, 15) is 4.79 Å². The molecule has 4 heteroatoms. The van der Waals surface area contributed by atoms with Crippen molar-refractivity contribution in [2.24, 2.45) is 0 Å². The molecule has 2 aliphatic rings. The van der Waals surface area contributed by atoms with Crippen molar-refractivity contribution in [2.45, 2.75) is 193 Å². The molecule has 0 aromatic rings. The molecule has 36 heavy (non-hydrogen) atoms. The third kappa shape index (κ3) is 9.61. The van der Waals surface area contributed by atoms with Gasteiger partial charge in [0.15, 0.2) is 5.60 Å².